The second-order valence-corrected chi connectivity index (χ2v) is 9.50. The molecule has 2 heterocycles. The summed E-state index contributed by atoms with van der Waals surface area (Å²) in [5.41, 5.74) is 1.67. The highest BCUT2D eigenvalue weighted by molar-refractivity contribution is 7.18. The van der Waals surface area contributed by atoms with Crippen LogP contribution in [0.2, 0.25) is 10.0 Å². The lowest BCUT2D eigenvalue weighted by atomic mass is 10.2. The Morgan fingerprint density at radius 2 is 1.69 bits per heavy atom. The van der Waals surface area contributed by atoms with Gasteiger partial charge in [-0.3, -0.25) is 14.2 Å². The smallest absolute Gasteiger partial charge is 0.325 e. The van der Waals surface area contributed by atoms with Gasteiger partial charge in [0.05, 0.1) is 21.1 Å². The average Bonchev–Trinajstić information content (AvgIpc) is 3.04. The van der Waals surface area contributed by atoms with Gasteiger partial charge in [-0.25, -0.2) is 9.36 Å². The fourth-order valence-corrected chi connectivity index (χ4v) is 4.86. The molecule has 0 fully saturated rings. The van der Waals surface area contributed by atoms with E-state index in [1.54, 1.807) is 18.2 Å². The normalized spacial score (nSPS) is 11.2. The Kier molecular flexibility index (Phi) is 5.99. The van der Waals surface area contributed by atoms with Crippen molar-refractivity contribution in [1.29, 1.82) is 0 Å². The summed E-state index contributed by atoms with van der Waals surface area (Å²) in [6.45, 7) is 5.42. The molecule has 2 aromatic carbocycles. The number of fused-ring (bicyclic) bond motifs is 1. The standard InChI is InChI=1S/C23H19Cl2N3O3S/c1-12-4-6-15(7-5-12)26-19(29)11-27-22-20(13(2)14(3)32-22)21(30)28(23(27)31)16-8-9-17(24)18(25)10-16/h4-10H,11H2,1-3H3,(H,26,29). The predicted octanol–water partition coefficient (Wildman–Crippen LogP) is 5.08. The number of amides is 1. The third kappa shape index (κ3) is 3.99. The molecule has 0 aliphatic rings. The van der Waals surface area contributed by atoms with Crippen LogP contribution in [0.15, 0.2) is 52.1 Å². The summed E-state index contributed by atoms with van der Waals surface area (Å²) >= 11 is 13.4. The van der Waals surface area contributed by atoms with Gasteiger partial charge >= 0.3 is 5.69 Å². The Hall–Kier alpha value is -2.87. The number of hydrogen-bond donors (Lipinski definition) is 1. The zero-order chi connectivity index (χ0) is 23.2. The van der Waals surface area contributed by atoms with Crippen LogP contribution in [-0.2, 0) is 11.3 Å². The van der Waals surface area contributed by atoms with E-state index in [-0.39, 0.29) is 23.2 Å². The molecule has 164 valence electrons. The van der Waals surface area contributed by atoms with Crippen LogP contribution in [0.1, 0.15) is 16.0 Å². The van der Waals surface area contributed by atoms with Crippen LogP contribution < -0.4 is 16.6 Å². The van der Waals surface area contributed by atoms with Gasteiger partial charge in [0.1, 0.15) is 11.4 Å². The van der Waals surface area contributed by atoms with Gasteiger partial charge in [-0.15, -0.1) is 11.3 Å². The molecule has 1 N–H and O–H groups in total. The van der Waals surface area contributed by atoms with Crippen molar-refractivity contribution >= 4 is 56.3 Å². The van der Waals surface area contributed by atoms with Crippen molar-refractivity contribution in [2.24, 2.45) is 0 Å². The van der Waals surface area contributed by atoms with Gasteiger partial charge in [0, 0.05) is 10.6 Å². The maximum absolute atomic E-state index is 13.4. The first-order chi connectivity index (χ1) is 15.2. The first kappa shape index (κ1) is 22.3. The van der Waals surface area contributed by atoms with Crippen LogP contribution in [0.4, 0.5) is 5.69 Å². The zero-order valence-corrected chi connectivity index (χ0v) is 19.9. The number of anilines is 1. The minimum absolute atomic E-state index is 0.220. The van der Waals surface area contributed by atoms with Crippen LogP contribution in [0, 0.1) is 20.8 Å². The number of thiophene rings is 1. The molecule has 2 aromatic heterocycles. The first-order valence-electron chi connectivity index (χ1n) is 9.75. The molecular formula is C23H19Cl2N3O3S. The molecule has 6 nitrogen and oxygen atoms in total. The van der Waals surface area contributed by atoms with Crippen LogP contribution in [0.25, 0.3) is 15.9 Å². The van der Waals surface area contributed by atoms with E-state index in [1.807, 2.05) is 32.9 Å². The van der Waals surface area contributed by atoms with Crippen LogP contribution in [0.5, 0.6) is 0 Å². The monoisotopic (exact) mass is 487 g/mol. The Bertz CT molecular complexity index is 1480. The van der Waals surface area contributed by atoms with Gasteiger partial charge in [0.25, 0.3) is 5.56 Å². The summed E-state index contributed by atoms with van der Waals surface area (Å²) in [6, 6.07) is 11.9. The van der Waals surface area contributed by atoms with Gasteiger partial charge in [-0.2, -0.15) is 0 Å². The molecule has 0 unspecified atom stereocenters. The molecule has 9 heteroatoms. The third-order valence-corrected chi connectivity index (χ3v) is 7.22. The first-order valence-corrected chi connectivity index (χ1v) is 11.3. The molecule has 0 saturated heterocycles. The summed E-state index contributed by atoms with van der Waals surface area (Å²) in [4.78, 5) is 40.9. The molecule has 0 atom stereocenters. The highest BCUT2D eigenvalue weighted by Crippen LogP contribution is 2.28. The highest BCUT2D eigenvalue weighted by Gasteiger charge is 2.21. The number of hydrogen-bond acceptors (Lipinski definition) is 4. The molecule has 32 heavy (non-hydrogen) atoms. The Balaban J connectivity index is 1.87. The quantitative estimate of drug-likeness (QED) is 0.435. The van der Waals surface area contributed by atoms with Gasteiger partial charge in [-0.1, -0.05) is 40.9 Å². The summed E-state index contributed by atoms with van der Waals surface area (Å²) in [6.07, 6.45) is 0. The molecule has 0 aliphatic heterocycles. The topological polar surface area (TPSA) is 73.1 Å². The summed E-state index contributed by atoms with van der Waals surface area (Å²) in [7, 11) is 0. The van der Waals surface area contributed by atoms with E-state index in [9.17, 15) is 14.4 Å². The number of nitrogens with zero attached hydrogens (tertiary/aromatic N) is 2. The van der Waals surface area contributed by atoms with Crippen LogP contribution in [0.3, 0.4) is 0 Å². The van der Waals surface area contributed by atoms with E-state index in [4.69, 9.17) is 23.2 Å². The molecule has 0 spiro atoms. The van der Waals surface area contributed by atoms with Crippen molar-refractivity contribution in [1.82, 2.24) is 9.13 Å². The molecule has 0 aliphatic carbocycles. The van der Waals surface area contributed by atoms with E-state index in [2.05, 4.69) is 5.32 Å². The van der Waals surface area contributed by atoms with Gasteiger partial charge in [0.15, 0.2) is 0 Å². The SMILES string of the molecule is Cc1ccc(NC(=O)Cn2c(=O)n(-c3ccc(Cl)c(Cl)c3)c(=O)c3c(C)c(C)sc32)cc1. The Morgan fingerprint density at radius 3 is 2.34 bits per heavy atom. The zero-order valence-electron chi connectivity index (χ0n) is 17.5. The van der Waals surface area contributed by atoms with Crippen molar-refractivity contribution in [2.45, 2.75) is 27.3 Å². The average molecular weight is 488 g/mol. The second kappa shape index (κ2) is 8.58. The second-order valence-electron chi connectivity index (χ2n) is 7.49. The molecule has 0 radical (unpaired) electrons. The molecule has 0 saturated carbocycles. The lowest BCUT2D eigenvalue weighted by Gasteiger charge is -2.13. The van der Waals surface area contributed by atoms with Crippen molar-refractivity contribution in [2.75, 3.05) is 5.32 Å². The molecule has 4 rings (SSSR count). The Labute approximate surface area is 197 Å². The van der Waals surface area contributed by atoms with E-state index < -0.39 is 11.2 Å². The van der Waals surface area contributed by atoms with Crippen LogP contribution >= 0.6 is 34.5 Å². The number of nitrogens with one attached hydrogen (secondary N) is 1. The number of carbonyl (C=O) groups is 1. The fourth-order valence-electron chi connectivity index (χ4n) is 3.43. The van der Waals surface area contributed by atoms with E-state index in [0.717, 1.165) is 20.6 Å². The summed E-state index contributed by atoms with van der Waals surface area (Å²) in [5.74, 6) is -0.375. The number of aromatic nitrogens is 2. The largest absolute Gasteiger partial charge is 0.337 e. The van der Waals surface area contributed by atoms with Gasteiger partial charge < -0.3 is 5.32 Å². The summed E-state index contributed by atoms with van der Waals surface area (Å²) < 4.78 is 2.36. The number of aryl methyl sites for hydroxylation is 3. The molecule has 4 aromatic rings. The van der Waals surface area contributed by atoms with Crippen molar-refractivity contribution in [3.05, 3.63) is 89.4 Å². The number of carbonyl (C=O) groups excluding carboxylic acids is 1. The molecular weight excluding hydrogens is 469 g/mol. The molecule has 1 amide bonds. The number of halogens is 2. The molecule has 0 bridgehead atoms. The van der Waals surface area contributed by atoms with Gasteiger partial charge in [-0.05, 0) is 56.7 Å². The predicted molar refractivity (Wildman–Crippen MR) is 131 cm³/mol. The maximum atomic E-state index is 13.4. The van der Waals surface area contributed by atoms with E-state index in [1.165, 1.54) is 28.0 Å². The summed E-state index contributed by atoms with van der Waals surface area (Å²) in [5, 5.41) is 3.74. The lowest BCUT2D eigenvalue weighted by molar-refractivity contribution is -0.116. The minimum Gasteiger partial charge on any atom is -0.325 e. The van der Waals surface area contributed by atoms with E-state index >= 15 is 0 Å². The minimum atomic E-state index is -0.624. The maximum Gasteiger partial charge on any atom is 0.337 e. The number of benzene rings is 2. The van der Waals surface area contributed by atoms with Crippen molar-refractivity contribution in [3.8, 4) is 5.69 Å². The van der Waals surface area contributed by atoms with Crippen LogP contribution in [-0.4, -0.2) is 15.0 Å². The Morgan fingerprint density at radius 1 is 1.00 bits per heavy atom. The fraction of sp³-hybridized carbons (Fsp3) is 0.174. The highest BCUT2D eigenvalue weighted by atomic mass is 35.5. The van der Waals surface area contributed by atoms with Crippen molar-refractivity contribution < 1.29 is 4.79 Å². The van der Waals surface area contributed by atoms with Gasteiger partial charge in [0.2, 0.25) is 5.91 Å². The van der Waals surface area contributed by atoms with E-state index in [0.29, 0.717) is 20.9 Å². The third-order valence-electron chi connectivity index (χ3n) is 5.25. The lowest BCUT2D eigenvalue weighted by Crippen LogP contribution is -2.40. The number of rotatable bonds is 4. The van der Waals surface area contributed by atoms with Crippen molar-refractivity contribution in [3.63, 3.8) is 0 Å².